The number of nitrogens with zero attached hydrogens (tertiary/aromatic N) is 1. The van der Waals surface area contributed by atoms with E-state index in [4.69, 9.17) is 4.42 Å². The summed E-state index contributed by atoms with van der Waals surface area (Å²) >= 11 is 3.48. The topological polar surface area (TPSA) is 38.1 Å². The van der Waals surface area contributed by atoms with Crippen molar-refractivity contribution in [3.8, 4) is 0 Å². The summed E-state index contributed by atoms with van der Waals surface area (Å²) in [7, 11) is 1.92. The standard InChI is InChI=1S/C9H9BrN2O/c1-11-4-6-2-8-9(3-7(6)10)13-5-12-8/h2-3,5,11H,4H2,1H3. The van der Waals surface area contributed by atoms with Gasteiger partial charge >= 0.3 is 0 Å². The zero-order valence-corrected chi connectivity index (χ0v) is 8.76. The van der Waals surface area contributed by atoms with Crippen LogP contribution >= 0.6 is 15.9 Å². The molecule has 2 rings (SSSR count). The Bertz CT molecular complexity index is 424. The SMILES string of the molecule is CNCc1cc2ncoc2cc1Br. The fourth-order valence-corrected chi connectivity index (χ4v) is 1.71. The minimum absolute atomic E-state index is 0.812. The molecule has 0 amide bonds. The van der Waals surface area contributed by atoms with Crippen molar-refractivity contribution in [2.75, 3.05) is 7.05 Å². The van der Waals surface area contributed by atoms with Crippen LogP contribution in [0.15, 0.2) is 27.4 Å². The molecule has 4 heteroatoms. The van der Waals surface area contributed by atoms with Gasteiger partial charge in [-0.25, -0.2) is 4.98 Å². The van der Waals surface area contributed by atoms with Gasteiger partial charge in [-0.05, 0) is 24.7 Å². The lowest BCUT2D eigenvalue weighted by atomic mass is 10.2. The summed E-state index contributed by atoms with van der Waals surface area (Å²) in [5.41, 5.74) is 2.89. The predicted molar refractivity (Wildman–Crippen MR) is 54.5 cm³/mol. The van der Waals surface area contributed by atoms with Gasteiger partial charge in [-0.15, -0.1) is 0 Å². The zero-order chi connectivity index (χ0) is 9.26. The molecule has 0 spiro atoms. The van der Waals surface area contributed by atoms with Gasteiger partial charge in [-0.1, -0.05) is 15.9 Å². The summed E-state index contributed by atoms with van der Waals surface area (Å²) in [6.45, 7) is 0.823. The molecule has 1 aromatic carbocycles. The first-order valence-corrected chi connectivity index (χ1v) is 4.77. The van der Waals surface area contributed by atoms with Gasteiger partial charge < -0.3 is 9.73 Å². The highest BCUT2D eigenvalue weighted by Crippen LogP contribution is 2.23. The van der Waals surface area contributed by atoms with Crippen LogP contribution < -0.4 is 5.32 Å². The van der Waals surface area contributed by atoms with Crippen molar-refractivity contribution in [2.24, 2.45) is 0 Å². The molecule has 0 unspecified atom stereocenters. The summed E-state index contributed by atoms with van der Waals surface area (Å²) in [5.74, 6) is 0. The molecule has 0 atom stereocenters. The summed E-state index contributed by atoms with van der Waals surface area (Å²) in [4.78, 5) is 4.09. The van der Waals surface area contributed by atoms with Crippen molar-refractivity contribution < 1.29 is 4.42 Å². The first-order chi connectivity index (χ1) is 6.31. The van der Waals surface area contributed by atoms with E-state index in [1.54, 1.807) is 0 Å². The van der Waals surface area contributed by atoms with Crippen LogP contribution in [0.25, 0.3) is 11.1 Å². The highest BCUT2D eigenvalue weighted by molar-refractivity contribution is 9.10. The first-order valence-electron chi connectivity index (χ1n) is 3.97. The number of aromatic nitrogens is 1. The largest absolute Gasteiger partial charge is 0.443 e. The smallest absolute Gasteiger partial charge is 0.181 e. The van der Waals surface area contributed by atoms with Gasteiger partial charge in [0.25, 0.3) is 0 Å². The fraction of sp³-hybridized carbons (Fsp3) is 0.222. The molecule has 68 valence electrons. The molecule has 1 N–H and O–H groups in total. The normalized spacial score (nSPS) is 10.9. The Morgan fingerprint density at radius 1 is 1.54 bits per heavy atom. The van der Waals surface area contributed by atoms with E-state index in [0.717, 1.165) is 22.1 Å². The molecule has 0 radical (unpaired) electrons. The number of hydrogen-bond donors (Lipinski definition) is 1. The van der Waals surface area contributed by atoms with Crippen LogP contribution in [0.3, 0.4) is 0 Å². The Morgan fingerprint density at radius 2 is 2.38 bits per heavy atom. The number of halogens is 1. The first kappa shape index (κ1) is 8.72. The third-order valence-electron chi connectivity index (χ3n) is 1.87. The van der Waals surface area contributed by atoms with Crippen molar-refractivity contribution in [3.05, 3.63) is 28.6 Å². The van der Waals surface area contributed by atoms with Crippen LogP contribution in [-0.4, -0.2) is 12.0 Å². The van der Waals surface area contributed by atoms with E-state index in [-0.39, 0.29) is 0 Å². The van der Waals surface area contributed by atoms with Crippen molar-refractivity contribution in [2.45, 2.75) is 6.54 Å². The molecule has 0 aliphatic rings. The average molecular weight is 241 g/mol. The van der Waals surface area contributed by atoms with E-state index < -0.39 is 0 Å². The Labute approximate surface area is 84.3 Å². The third-order valence-corrected chi connectivity index (χ3v) is 2.60. The molecule has 0 fully saturated rings. The maximum Gasteiger partial charge on any atom is 0.181 e. The number of fused-ring (bicyclic) bond motifs is 1. The molecule has 0 aliphatic carbocycles. The number of oxazole rings is 1. The molecule has 1 aromatic heterocycles. The van der Waals surface area contributed by atoms with Gasteiger partial charge in [0.1, 0.15) is 5.52 Å². The van der Waals surface area contributed by atoms with Gasteiger partial charge in [0.05, 0.1) is 0 Å². The summed E-state index contributed by atoms with van der Waals surface area (Å²) in [5, 5.41) is 3.09. The quantitative estimate of drug-likeness (QED) is 0.876. The van der Waals surface area contributed by atoms with Crippen LogP contribution in [0.4, 0.5) is 0 Å². The fourth-order valence-electron chi connectivity index (χ4n) is 1.25. The number of hydrogen-bond acceptors (Lipinski definition) is 3. The van der Waals surface area contributed by atoms with Crippen molar-refractivity contribution in [1.29, 1.82) is 0 Å². The van der Waals surface area contributed by atoms with Crippen LogP contribution in [0.5, 0.6) is 0 Å². The molecule has 2 aromatic rings. The Kier molecular flexibility index (Phi) is 2.33. The minimum Gasteiger partial charge on any atom is -0.443 e. The van der Waals surface area contributed by atoms with Gasteiger partial charge in [-0.3, -0.25) is 0 Å². The second kappa shape index (κ2) is 3.47. The summed E-state index contributed by atoms with van der Waals surface area (Å²) < 4.78 is 6.22. The van der Waals surface area contributed by atoms with Gasteiger partial charge in [0, 0.05) is 11.0 Å². The maximum atomic E-state index is 5.17. The molecule has 1 heterocycles. The third kappa shape index (κ3) is 1.59. The van der Waals surface area contributed by atoms with E-state index in [1.807, 2.05) is 19.2 Å². The number of rotatable bonds is 2. The maximum absolute atomic E-state index is 5.17. The van der Waals surface area contributed by atoms with Gasteiger partial charge in [0.15, 0.2) is 12.0 Å². The van der Waals surface area contributed by atoms with E-state index in [2.05, 4.69) is 26.2 Å². The minimum atomic E-state index is 0.812. The Hall–Kier alpha value is -0.870. The predicted octanol–water partition coefficient (Wildman–Crippen LogP) is 2.31. The molecule has 13 heavy (non-hydrogen) atoms. The van der Waals surface area contributed by atoms with E-state index in [0.29, 0.717) is 0 Å². The van der Waals surface area contributed by atoms with Crippen LogP contribution in [0.1, 0.15) is 5.56 Å². The van der Waals surface area contributed by atoms with Gasteiger partial charge in [0.2, 0.25) is 0 Å². The molecule has 0 saturated carbocycles. The van der Waals surface area contributed by atoms with Crippen LogP contribution in [0.2, 0.25) is 0 Å². The second-order valence-corrected chi connectivity index (χ2v) is 3.65. The van der Waals surface area contributed by atoms with Crippen LogP contribution in [-0.2, 0) is 6.54 Å². The Morgan fingerprint density at radius 3 is 3.15 bits per heavy atom. The molecule has 0 bridgehead atoms. The van der Waals surface area contributed by atoms with Crippen molar-refractivity contribution in [3.63, 3.8) is 0 Å². The average Bonchev–Trinajstić information content (AvgIpc) is 2.52. The zero-order valence-electron chi connectivity index (χ0n) is 7.17. The summed E-state index contributed by atoms with van der Waals surface area (Å²) in [6, 6.07) is 3.95. The summed E-state index contributed by atoms with van der Waals surface area (Å²) in [6.07, 6.45) is 1.46. The lowest BCUT2D eigenvalue weighted by Gasteiger charge is -2.02. The monoisotopic (exact) mass is 240 g/mol. The lowest BCUT2D eigenvalue weighted by molar-refractivity contribution is 0.602. The van der Waals surface area contributed by atoms with E-state index in [9.17, 15) is 0 Å². The van der Waals surface area contributed by atoms with Crippen molar-refractivity contribution >= 4 is 27.0 Å². The highest BCUT2D eigenvalue weighted by Gasteiger charge is 2.04. The van der Waals surface area contributed by atoms with E-state index in [1.165, 1.54) is 12.0 Å². The van der Waals surface area contributed by atoms with Gasteiger partial charge in [-0.2, -0.15) is 0 Å². The highest BCUT2D eigenvalue weighted by atomic mass is 79.9. The molecular formula is C9H9BrN2O. The van der Waals surface area contributed by atoms with Crippen LogP contribution in [0, 0.1) is 0 Å². The molecule has 0 saturated heterocycles. The molecular weight excluding hydrogens is 232 g/mol. The Balaban J connectivity index is 2.56. The molecule has 0 aliphatic heterocycles. The lowest BCUT2D eigenvalue weighted by Crippen LogP contribution is -2.05. The molecule has 3 nitrogen and oxygen atoms in total. The van der Waals surface area contributed by atoms with Crippen molar-refractivity contribution in [1.82, 2.24) is 10.3 Å². The second-order valence-electron chi connectivity index (χ2n) is 2.79. The number of benzene rings is 1. The van der Waals surface area contributed by atoms with E-state index >= 15 is 0 Å². The number of nitrogens with one attached hydrogen (secondary N) is 1.